The molecule has 3 rings (SSSR count). The van der Waals surface area contributed by atoms with Crippen LogP contribution in [0.5, 0.6) is 5.75 Å². The lowest BCUT2D eigenvalue weighted by Crippen LogP contribution is -2.27. The molecule has 11 heteroatoms. The van der Waals surface area contributed by atoms with Gasteiger partial charge >= 0.3 is 6.18 Å². The van der Waals surface area contributed by atoms with Gasteiger partial charge in [0.2, 0.25) is 10.0 Å². The summed E-state index contributed by atoms with van der Waals surface area (Å²) in [6.07, 6.45) is -3.04. The van der Waals surface area contributed by atoms with Crippen LogP contribution in [-0.4, -0.2) is 38.3 Å². The van der Waals surface area contributed by atoms with Crippen molar-refractivity contribution in [2.75, 3.05) is 25.0 Å². The van der Waals surface area contributed by atoms with Gasteiger partial charge in [-0.15, -0.1) is 0 Å². The normalized spacial score (nSPS) is 15.2. The largest absolute Gasteiger partial charge is 0.482 e. The lowest BCUT2D eigenvalue weighted by molar-refractivity contribution is -0.137. The summed E-state index contributed by atoms with van der Waals surface area (Å²) in [6, 6.07) is 8.41. The summed E-state index contributed by atoms with van der Waals surface area (Å²) in [5.41, 5.74) is -1.37. The fourth-order valence-electron chi connectivity index (χ4n) is 3.01. The molecular weight excluding hydrogens is 445 g/mol. The number of hydrogen-bond acceptors (Lipinski definition) is 4. The van der Waals surface area contributed by atoms with Gasteiger partial charge in [-0.25, -0.2) is 8.42 Å². The molecule has 0 spiro atoms. The first kappa shape index (κ1) is 22.4. The second kappa shape index (κ2) is 8.83. The van der Waals surface area contributed by atoms with Crippen molar-refractivity contribution in [3.8, 4) is 5.75 Å². The van der Waals surface area contributed by atoms with Crippen molar-refractivity contribution in [2.24, 2.45) is 0 Å². The van der Waals surface area contributed by atoms with Gasteiger partial charge in [0.15, 0.2) is 6.61 Å². The Labute approximate surface area is 176 Å². The Bertz CT molecular complexity index is 1040. The molecule has 6 nitrogen and oxygen atoms in total. The molecule has 2 aromatic rings. The van der Waals surface area contributed by atoms with E-state index in [0.717, 1.165) is 25.0 Å². The first-order valence-electron chi connectivity index (χ1n) is 8.97. The number of carbonyl (C=O) groups excluding carboxylic acids is 1. The maximum atomic E-state index is 13.0. The molecule has 30 heavy (non-hydrogen) atoms. The highest BCUT2D eigenvalue weighted by atomic mass is 35.5. The van der Waals surface area contributed by atoms with E-state index in [1.807, 2.05) is 0 Å². The van der Waals surface area contributed by atoms with Gasteiger partial charge in [-0.2, -0.15) is 17.5 Å². The van der Waals surface area contributed by atoms with E-state index in [0.29, 0.717) is 13.1 Å². The van der Waals surface area contributed by atoms with E-state index in [2.05, 4.69) is 5.32 Å². The molecule has 1 amide bonds. The van der Waals surface area contributed by atoms with E-state index in [-0.39, 0.29) is 15.7 Å². The Morgan fingerprint density at radius 3 is 2.43 bits per heavy atom. The minimum absolute atomic E-state index is 0.00491. The summed E-state index contributed by atoms with van der Waals surface area (Å²) in [5.74, 6) is -0.784. The smallest absolute Gasteiger partial charge is 0.418 e. The van der Waals surface area contributed by atoms with E-state index in [1.54, 1.807) is 0 Å². The number of halogens is 4. The third kappa shape index (κ3) is 5.05. The molecule has 0 aliphatic carbocycles. The van der Waals surface area contributed by atoms with Crippen molar-refractivity contribution >= 4 is 33.2 Å². The highest BCUT2D eigenvalue weighted by Gasteiger charge is 2.33. The highest BCUT2D eigenvalue weighted by molar-refractivity contribution is 7.89. The van der Waals surface area contributed by atoms with E-state index >= 15 is 0 Å². The topological polar surface area (TPSA) is 75.7 Å². The number of nitrogens with zero attached hydrogens (tertiary/aromatic N) is 1. The standard InChI is InChI=1S/C19H18ClF3N2O4S/c20-15-11-13(30(27,28)25-9-3-4-10-25)7-8-17(15)29-12-18(26)24-16-6-2-1-5-14(16)19(21,22)23/h1-2,5-8,11H,3-4,9-10,12H2,(H,24,26). The highest BCUT2D eigenvalue weighted by Crippen LogP contribution is 2.34. The molecule has 0 atom stereocenters. The average molecular weight is 463 g/mol. The molecule has 1 fully saturated rings. The second-order valence-corrected chi connectivity index (χ2v) is 8.93. The molecule has 0 bridgehead atoms. The second-order valence-electron chi connectivity index (χ2n) is 6.58. The van der Waals surface area contributed by atoms with Crippen LogP contribution < -0.4 is 10.1 Å². The van der Waals surface area contributed by atoms with Crippen LogP contribution in [0.2, 0.25) is 5.02 Å². The summed E-state index contributed by atoms with van der Waals surface area (Å²) < 4.78 is 70.7. The van der Waals surface area contributed by atoms with Crippen LogP contribution in [0.15, 0.2) is 47.4 Å². The van der Waals surface area contributed by atoms with Crippen LogP contribution in [0.25, 0.3) is 0 Å². The van der Waals surface area contributed by atoms with Crippen molar-refractivity contribution in [2.45, 2.75) is 23.9 Å². The van der Waals surface area contributed by atoms with Gasteiger partial charge in [-0.3, -0.25) is 4.79 Å². The fourth-order valence-corrected chi connectivity index (χ4v) is 4.85. The third-order valence-electron chi connectivity index (χ3n) is 4.47. The van der Waals surface area contributed by atoms with E-state index in [1.165, 1.54) is 34.6 Å². The number of amides is 1. The predicted molar refractivity (Wildman–Crippen MR) is 105 cm³/mol. The number of para-hydroxylation sites is 1. The first-order chi connectivity index (χ1) is 14.1. The summed E-state index contributed by atoms with van der Waals surface area (Å²) in [6.45, 7) is 0.277. The van der Waals surface area contributed by atoms with Crippen molar-refractivity contribution in [1.29, 1.82) is 0 Å². The zero-order valence-electron chi connectivity index (χ0n) is 15.6. The van der Waals surface area contributed by atoms with E-state index in [9.17, 15) is 26.4 Å². The molecule has 2 aromatic carbocycles. The number of alkyl halides is 3. The van der Waals surface area contributed by atoms with Crippen LogP contribution in [0, 0.1) is 0 Å². The van der Waals surface area contributed by atoms with Gasteiger partial charge in [0, 0.05) is 13.1 Å². The summed E-state index contributed by atoms with van der Waals surface area (Å²) in [7, 11) is -3.66. The molecular formula is C19H18ClF3N2O4S. The van der Waals surface area contributed by atoms with Crippen molar-refractivity contribution in [1.82, 2.24) is 4.31 Å². The number of anilines is 1. The number of hydrogen-bond donors (Lipinski definition) is 1. The molecule has 1 aliphatic heterocycles. The van der Waals surface area contributed by atoms with Gasteiger partial charge in [0.1, 0.15) is 5.75 Å². The van der Waals surface area contributed by atoms with Crippen LogP contribution in [0.3, 0.4) is 0 Å². The molecule has 1 N–H and O–H groups in total. The number of nitrogens with one attached hydrogen (secondary N) is 1. The summed E-state index contributed by atoms with van der Waals surface area (Å²) >= 11 is 6.08. The predicted octanol–water partition coefficient (Wildman–Crippen LogP) is 4.16. The maximum Gasteiger partial charge on any atom is 0.418 e. The molecule has 1 saturated heterocycles. The zero-order chi connectivity index (χ0) is 21.9. The van der Waals surface area contributed by atoms with Gasteiger partial charge in [-0.05, 0) is 43.2 Å². The van der Waals surface area contributed by atoms with E-state index in [4.69, 9.17) is 16.3 Å². The zero-order valence-corrected chi connectivity index (χ0v) is 17.1. The Morgan fingerprint density at radius 2 is 1.80 bits per heavy atom. The molecule has 0 aromatic heterocycles. The van der Waals surface area contributed by atoms with Crippen molar-refractivity contribution < 1.29 is 31.1 Å². The minimum Gasteiger partial charge on any atom is -0.482 e. The van der Waals surface area contributed by atoms with Gasteiger partial charge in [-0.1, -0.05) is 23.7 Å². The Balaban J connectivity index is 1.66. The van der Waals surface area contributed by atoms with Crippen LogP contribution in [0.4, 0.5) is 18.9 Å². The first-order valence-corrected chi connectivity index (χ1v) is 10.8. The number of carbonyl (C=O) groups is 1. The van der Waals surface area contributed by atoms with Crippen molar-refractivity contribution in [3.63, 3.8) is 0 Å². The molecule has 0 unspecified atom stereocenters. The third-order valence-corrected chi connectivity index (χ3v) is 6.66. The van der Waals surface area contributed by atoms with Crippen LogP contribution in [-0.2, 0) is 21.0 Å². The van der Waals surface area contributed by atoms with Gasteiger partial charge in [0.05, 0.1) is 21.2 Å². The maximum absolute atomic E-state index is 13.0. The molecule has 1 heterocycles. The van der Waals surface area contributed by atoms with Crippen LogP contribution in [0.1, 0.15) is 18.4 Å². The fraction of sp³-hybridized carbons (Fsp3) is 0.316. The average Bonchev–Trinajstić information content (AvgIpc) is 3.22. The molecule has 162 valence electrons. The lowest BCUT2D eigenvalue weighted by atomic mass is 10.1. The van der Waals surface area contributed by atoms with Gasteiger partial charge < -0.3 is 10.1 Å². The number of rotatable bonds is 6. The number of benzene rings is 2. The van der Waals surface area contributed by atoms with E-state index < -0.39 is 40.0 Å². The Morgan fingerprint density at radius 1 is 1.13 bits per heavy atom. The lowest BCUT2D eigenvalue weighted by Gasteiger charge is -2.16. The number of sulfonamides is 1. The number of ether oxygens (including phenoxy) is 1. The molecule has 0 saturated carbocycles. The van der Waals surface area contributed by atoms with Crippen molar-refractivity contribution in [3.05, 3.63) is 53.1 Å². The Hall–Kier alpha value is -2.30. The Kier molecular flexibility index (Phi) is 6.59. The van der Waals surface area contributed by atoms with Crippen LogP contribution >= 0.6 is 11.6 Å². The SMILES string of the molecule is O=C(COc1ccc(S(=O)(=O)N2CCCC2)cc1Cl)Nc1ccccc1C(F)(F)F. The monoisotopic (exact) mass is 462 g/mol. The molecule has 1 aliphatic rings. The summed E-state index contributed by atoms with van der Waals surface area (Å²) in [4.78, 5) is 12.0. The molecule has 0 radical (unpaired) electrons. The van der Waals surface area contributed by atoms with Gasteiger partial charge in [0.25, 0.3) is 5.91 Å². The minimum atomic E-state index is -4.62. The summed E-state index contributed by atoms with van der Waals surface area (Å²) in [5, 5.41) is 2.12. The quantitative estimate of drug-likeness (QED) is 0.699.